The van der Waals surface area contributed by atoms with Crippen LogP contribution in [-0.2, 0) is 51.3 Å². The molecule has 6 aromatic heterocycles. The van der Waals surface area contributed by atoms with E-state index in [1.165, 1.54) is 55.4 Å². The molecule has 1 aliphatic rings. The fourth-order valence-corrected chi connectivity index (χ4v) is 10.6. The van der Waals surface area contributed by atoms with E-state index in [9.17, 15) is 40.8 Å². The van der Waals surface area contributed by atoms with E-state index in [4.69, 9.17) is 14.6 Å². The summed E-state index contributed by atoms with van der Waals surface area (Å²) in [7, 11) is -3.15. The number of esters is 1. The van der Waals surface area contributed by atoms with E-state index in [1.807, 2.05) is 24.3 Å². The number of aliphatic hydroxyl groups is 1. The van der Waals surface area contributed by atoms with Crippen LogP contribution in [0.3, 0.4) is 0 Å². The summed E-state index contributed by atoms with van der Waals surface area (Å²) >= 11 is 0. The van der Waals surface area contributed by atoms with Gasteiger partial charge in [-0.05, 0) is 164 Å². The van der Waals surface area contributed by atoms with Crippen molar-refractivity contribution in [3.63, 3.8) is 0 Å². The number of fused-ring (bicyclic) bond motifs is 3. The van der Waals surface area contributed by atoms with Crippen molar-refractivity contribution < 1.29 is 75.6 Å². The van der Waals surface area contributed by atoms with Gasteiger partial charge in [-0.1, -0.05) is 36.4 Å². The van der Waals surface area contributed by atoms with Crippen molar-refractivity contribution in [1.82, 2.24) is 60.2 Å². The number of aromatic nitrogens is 9. The Balaban J connectivity index is 0.000000197. The second kappa shape index (κ2) is 34.2. The van der Waals surface area contributed by atoms with Gasteiger partial charge < -0.3 is 32.0 Å². The number of nitrogens with one attached hydrogen (secondary N) is 3. The fraction of sp³-hybridized carbons (Fsp3) is 0.171. The van der Waals surface area contributed by atoms with Gasteiger partial charge in [0.25, 0.3) is 17.7 Å². The first-order chi connectivity index (χ1) is 46.0. The summed E-state index contributed by atoms with van der Waals surface area (Å²) in [5.74, 6) is -2.35. The first-order valence-corrected chi connectivity index (χ1v) is 32.0. The summed E-state index contributed by atoms with van der Waals surface area (Å²) < 4.78 is 77.1. The Morgan fingerprint density at radius 2 is 0.876 bits per heavy atom. The Bertz CT molecular complexity index is 4760. The molecule has 0 atom stereocenters. The molecule has 0 spiro atoms. The number of ether oxygens (including phenoxy) is 2. The summed E-state index contributed by atoms with van der Waals surface area (Å²) in [4.78, 5) is 62.2. The Morgan fingerprint density at radius 3 is 1.18 bits per heavy atom. The molecule has 7 heterocycles. The van der Waals surface area contributed by atoms with Gasteiger partial charge in [-0.2, -0.15) is 15.3 Å². The Morgan fingerprint density at radius 1 is 0.515 bits per heavy atom. The number of hydrogen-bond acceptors (Lipinski definition) is 15. The zero-order valence-corrected chi connectivity index (χ0v) is 53.8. The van der Waals surface area contributed by atoms with Crippen molar-refractivity contribution in [3.8, 4) is 17.1 Å². The summed E-state index contributed by atoms with van der Waals surface area (Å²) in [6.45, 7) is 4.70. The number of carbonyl (C=O) groups is 4. The van der Waals surface area contributed by atoms with Gasteiger partial charge in [0, 0.05) is 82.3 Å². The van der Waals surface area contributed by atoms with Crippen LogP contribution in [0.25, 0.3) is 49.8 Å². The van der Waals surface area contributed by atoms with Crippen molar-refractivity contribution in [2.24, 2.45) is 0 Å². The van der Waals surface area contributed by atoms with E-state index in [-0.39, 0.29) is 102 Å². The van der Waals surface area contributed by atoms with Crippen molar-refractivity contribution in [3.05, 3.63) is 269 Å². The van der Waals surface area contributed by atoms with Gasteiger partial charge in [0.15, 0.2) is 9.84 Å². The molecule has 12 aromatic rings. The second-order valence-corrected chi connectivity index (χ2v) is 23.6. The first-order valence-electron chi connectivity index (χ1n) is 29.9. The molecule has 0 unspecified atom stereocenters. The molecule has 27 heteroatoms. The van der Waals surface area contributed by atoms with Crippen LogP contribution in [0.2, 0.25) is 0 Å². The third-order valence-electron chi connectivity index (χ3n) is 14.6. The zero-order chi connectivity index (χ0) is 66.8. The number of sulfone groups is 1. The van der Waals surface area contributed by atoms with E-state index >= 15 is 0 Å². The zero-order valence-electron chi connectivity index (χ0n) is 54.0. The van der Waals surface area contributed by atoms with Gasteiger partial charge >= 0.3 is 24.8 Å². The Labute approximate surface area is 571 Å². The molecule has 4 N–H and O–H groups in total. The number of aliphatic hydroxyl groups excluding tert-OH is 1. The van der Waals surface area contributed by atoms with Crippen LogP contribution in [0.15, 0.2) is 201 Å². The van der Waals surface area contributed by atoms with E-state index in [2.05, 4.69) is 46.2 Å². The molecule has 6 aromatic carbocycles. The number of benzene rings is 6. The summed E-state index contributed by atoms with van der Waals surface area (Å²) in [6.07, 6.45) is 13.3. The monoisotopic (exact) mass is 1320 g/mol. The minimum atomic E-state index is -3.15. The molecule has 1 fully saturated rings. The standard InChI is InChI=1S/C23H19FN4O3.C22H19FN4O3S.C21H17FN4O2.C4H8O.B.Li.H/c1-2-31-23(30)20-11-6-15(12-25-20)13-26-22(29)18-4-3-5-21-19(18)14-27-28(21)17-9-7-16(24)8-10-17;1-31(29,30)14-17-8-5-15(11-24-17)12-25-22(28)19-3-2-4-21-20(19)13-26-27(21)18-9-6-16(23)7-10-18;22-15-5-8-17(9-6-15)26-20-3-1-2-18(19(20)12-25-26)21(28)24-11-14-4-7-16(13-27)23-10-14;1-2-4-5-3-1;;;/h3-12,14H,2,13H2,1H3,(H,26,29);2-11,13H,12,14H2,1H3,(H,25,28);1-10,12,27H,11,13H2,(H,24,28);1-4H2;;;/q;;;;;+1;-1. The molecule has 97 heavy (non-hydrogen) atoms. The summed E-state index contributed by atoms with van der Waals surface area (Å²) in [6, 6.07) is 44.2. The third-order valence-corrected chi connectivity index (χ3v) is 15.4. The minimum Gasteiger partial charge on any atom is -1.00 e. The molecule has 0 bridgehead atoms. The van der Waals surface area contributed by atoms with E-state index in [0.29, 0.717) is 67.8 Å². The van der Waals surface area contributed by atoms with Gasteiger partial charge in [0.2, 0.25) is 0 Å². The first kappa shape index (κ1) is 72.2. The van der Waals surface area contributed by atoms with Crippen molar-refractivity contribution >= 4 is 74.6 Å². The average Bonchev–Trinajstić information content (AvgIpc) is 1.70. The maximum atomic E-state index is 13.2. The maximum absolute atomic E-state index is 13.2. The topological polar surface area (TPSA) is 269 Å². The number of halogens is 3. The molecule has 1 saturated heterocycles. The molecule has 1 aliphatic heterocycles. The molecular formula is C70H64BF3LiN12O9S. The van der Waals surface area contributed by atoms with E-state index in [1.54, 1.807) is 155 Å². The molecular weight excluding hydrogens is 1260 g/mol. The second-order valence-electron chi connectivity index (χ2n) is 21.5. The number of carbonyl (C=O) groups excluding carboxylic acids is 4. The van der Waals surface area contributed by atoms with E-state index < -0.39 is 15.8 Å². The van der Waals surface area contributed by atoms with Crippen molar-refractivity contribution in [2.75, 3.05) is 26.1 Å². The van der Waals surface area contributed by atoms with Crippen LogP contribution in [0.5, 0.6) is 0 Å². The number of rotatable bonds is 17. The van der Waals surface area contributed by atoms with Crippen LogP contribution in [-0.4, -0.2) is 116 Å². The quantitative estimate of drug-likeness (QED) is 0.0518. The third kappa shape index (κ3) is 19.1. The predicted molar refractivity (Wildman–Crippen MR) is 357 cm³/mol. The van der Waals surface area contributed by atoms with E-state index in [0.717, 1.165) is 52.7 Å². The van der Waals surface area contributed by atoms with Crippen LogP contribution in [0, 0.1) is 17.5 Å². The maximum Gasteiger partial charge on any atom is 1.00 e. The normalized spacial score (nSPS) is 11.5. The smallest absolute Gasteiger partial charge is 1.00 e. The van der Waals surface area contributed by atoms with Gasteiger partial charge in [-0.3, -0.25) is 24.4 Å². The molecule has 489 valence electrons. The Kier molecular flexibility index (Phi) is 25.4. The average molecular weight is 1320 g/mol. The largest absolute Gasteiger partial charge is 1.00 e. The number of nitrogens with zero attached hydrogens (tertiary/aromatic N) is 9. The van der Waals surface area contributed by atoms with Gasteiger partial charge in [0.05, 0.1) is 99.2 Å². The minimum absolute atomic E-state index is 0. The Hall–Kier alpha value is -10.6. The predicted octanol–water partition coefficient (Wildman–Crippen LogP) is 7.21. The van der Waals surface area contributed by atoms with Gasteiger partial charge in [-0.25, -0.2) is 45.4 Å². The van der Waals surface area contributed by atoms with Crippen LogP contribution >= 0.6 is 0 Å². The molecule has 13 rings (SSSR count). The summed E-state index contributed by atoms with van der Waals surface area (Å²) in [5, 5.41) is 32.7. The van der Waals surface area contributed by atoms with Crippen LogP contribution in [0.1, 0.15) is 90.8 Å². The van der Waals surface area contributed by atoms with Crippen molar-refractivity contribution in [2.45, 2.75) is 51.8 Å². The van der Waals surface area contributed by atoms with Crippen molar-refractivity contribution in [1.29, 1.82) is 0 Å². The number of pyridine rings is 3. The molecule has 3 radical (unpaired) electrons. The number of hydrogen-bond donors (Lipinski definition) is 4. The molecule has 0 aliphatic carbocycles. The van der Waals surface area contributed by atoms with Gasteiger partial charge in [0.1, 0.15) is 23.1 Å². The molecule has 0 saturated carbocycles. The molecule has 3 amide bonds. The molecule has 21 nitrogen and oxygen atoms in total. The fourth-order valence-electron chi connectivity index (χ4n) is 9.88. The van der Waals surface area contributed by atoms with Crippen LogP contribution in [0.4, 0.5) is 13.2 Å². The van der Waals surface area contributed by atoms with Crippen LogP contribution < -0.4 is 34.8 Å². The summed E-state index contributed by atoms with van der Waals surface area (Å²) in [5.41, 5.74) is 9.34. The van der Waals surface area contributed by atoms with Gasteiger partial charge in [-0.15, -0.1) is 0 Å². The number of amides is 3. The SMILES string of the molecule is C1CCOC1.CCOC(=O)c1ccc(CNC(=O)c2cccc3c2cnn3-c2ccc(F)cc2)cn1.CS(=O)(=O)Cc1ccc(CNC(=O)c2cccc3c2cnn3-c2ccc(F)cc2)cn1.O=C(NCc1ccc(CO)nc1)c1cccc2c1cnn2-c1ccc(F)cc1.[B].[H-].[Li+].